The second-order valence-electron chi connectivity index (χ2n) is 7.94. The zero-order valence-corrected chi connectivity index (χ0v) is 18.0. The highest BCUT2D eigenvalue weighted by Crippen LogP contribution is 2.22. The Morgan fingerprint density at radius 3 is 2.55 bits per heavy atom. The van der Waals surface area contributed by atoms with Crippen molar-refractivity contribution in [1.82, 2.24) is 10.2 Å². The van der Waals surface area contributed by atoms with Gasteiger partial charge in [0.2, 0.25) is 0 Å². The van der Waals surface area contributed by atoms with Crippen LogP contribution in [-0.2, 0) is 11.2 Å². The molecule has 1 aromatic heterocycles. The van der Waals surface area contributed by atoms with Crippen LogP contribution in [-0.4, -0.2) is 43.7 Å². The van der Waals surface area contributed by atoms with E-state index in [-0.39, 0.29) is 23.1 Å². The third-order valence-corrected chi connectivity index (χ3v) is 5.83. The molecule has 1 amide bonds. The lowest BCUT2D eigenvalue weighted by Crippen LogP contribution is -2.43. The van der Waals surface area contributed by atoms with Crippen LogP contribution < -0.4 is 10.7 Å². The molecule has 31 heavy (non-hydrogen) atoms. The Morgan fingerprint density at radius 1 is 1.10 bits per heavy atom. The van der Waals surface area contributed by atoms with Gasteiger partial charge in [-0.15, -0.1) is 0 Å². The smallest absolute Gasteiger partial charge is 0.287 e. The van der Waals surface area contributed by atoms with Crippen molar-refractivity contribution in [3.05, 3.63) is 81.2 Å². The van der Waals surface area contributed by atoms with Crippen LogP contribution >= 0.6 is 0 Å². The lowest BCUT2D eigenvalue weighted by atomic mass is 10.0. The molecule has 0 aliphatic carbocycles. The number of morpholine rings is 1. The Bertz CT molecular complexity index is 1110. The Hall–Kier alpha value is -2.96. The Balaban J connectivity index is 1.54. The quantitative estimate of drug-likeness (QED) is 0.661. The number of fused-ring (bicyclic) bond motifs is 1. The van der Waals surface area contributed by atoms with Gasteiger partial charge in [0.05, 0.1) is 24.6 Å². The molecule has 6 nitrogen and oxygen atoms in total. The Labute approximate surface area is 181 Å². The molecule has 6 heteroatoms. The minimum Gasteiger partial charge on any atom is -0.451 e. The Kier molecular flexibility index (Phi) is 6.49. The maximum atomic E-state index is 12.8. The number of nitrogens with one attached hydrogen (secondary N) is 1. The molecule has 3 aromatic rings. The summed E-state index contributed by atoms with van der Waals surface area (Å²) in [5.74, 6) is -0.352. The van der Waals surface area contributed by atoms with Gasteiger partial charge in [-0.3, -0.25) is 14.5 Å². The number of benzene rings is 2. The van der Waals surface area contributed by atoms with Crippen molar-refractivity contribution < 1.29 is 13.9 Å². The third kappa shape index (κ3) is 4.86. The molecule has 162 valence electrons. The molecule has 1 atom stereocenters. The molecule has 1 fully saturated rings. The van der Waals surface area contributed by atoms with Crippen molar-refractivity contribution in [2.75, 3.05) is 32.8 Å². The Morgan fingerprint density at radius 2 is 1.84 bits per heavy atom. The van der Waals surface area contributed by atoms with E-state index < -0.39 is 0 Å². The molecule has 0 unspecified atom stereocenters. The second kappa shape index (κ2) is 9.45. The van der Waals surface area contributed by atoms with E-state index in [2.05, 4.69) is 41.4 Å². The molecule has 4 rings (SSSR count). The molecule has 0 bridgehead atoms. The summed E-state index contributed by atoms with van der Waals surface area (Å²) < 4.78 is 11.2. The number of aryl methyl sites for hydroxylation is 2. The fourth-order valence-electron chi connectivity index (χ4n) is 3.95. The highest BCUT2D eigenvalue weighted by atomic mass is 16.5. The van der Waals surface area contributed by atoms with Gasteiger partial charge in [-0.1, -0.05) is 42.8 Å². The summed E-state index contributed by atoms with van der Waals surface area (Å²) in [6, 6.07) is 15.2. The van der Waals surface area contributed by atoms with Crippen molar-refractivity contribution in [3.63, 3.8) is 0 Å². The zero-order valence-electron chi connectivity index (χ0n) is 18.0. The van der Waals surface area contributed by atoms with E-state index in [1.54, 1.807) is 6.07 Å². The van der Waals surface area contributed by atoms with Gasteiger partial charge < -0.3 is 14.5 Å². The van der Waals surface area contributed by atoms with Gasteiger partial charge in [0.1, 0.15) is 5.58 Å². The van der Waals surface area contributed by atoms with Gasteiger partial charge in [-0.25, -0.2) is 0 Å². The summed E-state index contributed by atoms with van der Waals surface area (Å²) in [5, 5.41) is 3.47. The van der Waals surface area contributed by atoms with E-state index in [4.69, 9.17) is 9.15 Å². The number of hydrogen-bond donors (Lipinski definition) is 1. The van der Waals surface area contributed by atoms with E-state index in [0.29, 0.717) is 30.7 Å². The van der Waals surface area contributed by atoms with Gasteiger partial charge in [0.25, 0.3) is 5.91 Å². The maximum Gasteiger partial charge on any atom is 0.287 e. The van der Waals surface area contributed by atoms with E-state index in [9.17, 15) is 9.59 Å². The summed E-state index contributed by atoms with van der Waals surface area (Å²) in [4.78, 5) is 27.7. The van der Waals surface area contributed by atoms with Crippen LogP contribution in [0, 0.1) is 6.92 Å². The van der Waals surface area contributed by atoms with E-state index in [1.165, 1.54) is 11.6 Å². The van der Waals surface area contributed by atoms with E-state index in [1.807, 2.05) is 19.1 Å². The van der Waals surface area contributed by atoms with E-state index >= 15 is 0 Å². The average Bonchev–Trinajstić information content (AvgIpc) is 2.80. The molecule has 0 saturated carbocycles. The summed E-state index contributed by atoms with van der Waals surface area (Å²) in [6.07, 6.45) is 0.833. The van der Waals surface area contributed by atoms with Crippen LogP contribution in [0.25, 0.3) is 11.0 Å². The van der Waals surface area contributed by atoms with E-state index in [0.717, 1.165) is 30.6 Å². The molecular weight excluding hydrogens is 392 g/mol. The van der Waals surface area contributed by atoms with Crippen molar-refractivity contribution >= 4 is 16.9 Å². The highest BCUT2D eigenvalue weighted by Gasteiger charge is 2.24. The van der Waals surface area contributed by atoms with Crippen molar-refractivity contribution in [3.8, 4) is 0 Å². The number of rotatable bonds is 6. The molecule has 0 radical (unpaired) electrons. The van der Waals surface area contributed by atoms with Gasteiger partial charge in [0, 0.05) is 25.7 Å². The predicted molar refractivity (Wildman–Crippen MR) is 121 cm³/mol. The fraction of sp³-hybridized carbons (Fsp3) is 0.360. The van der Waals surface area contributed by atoms with Crippen molar-refractivity contribution in [2.24, 2.45) is 0 Å². The standard InChI is InChI=1S/C25H28N2O4/c1-3-18-6-9-23-20(14-18)22(28)15-24(31-23)25(29)26-16-21(27-10-12-30-13-11-27)19-7-4-17(2)5-8-19/h4-9,14-15,21H,3,10-13,16H2,1-2H3,(H,26,29)/t21-/m1/s1. The number of carbonyl (C=O) groups excluding carboxylic acids is 1. The second-order valence-corrected chi connectivity index (χ2v) is 7.94. The first-order valence-electron chi connectivity index (χ1n) is 10.8. The molecular formula is C25H28N2O4. The van der Waals surface area contributed by atoms with Crippen LogP contribution in [0.5, 0.6) is 0 Å². The molecule has 1 aliphatic rings. The van der Waals surface area contributed by atoms with Crippen LogP contribution in [0.3, 0.4) is 0 Å². The molecule has 2 heterocycles. The van der Waals surface area contributed by atoms with Gasteiger partial charge >= 0.3 is 0 Å². The normalized spacial score (nSPS) is 15.7. The minimum atomic E-state index is -0.385. The topological polar surface area (TPSA) is 71.8 Å². The van der Waals surface area contributed by atoms with Crippen LogP contribution in [0.2, 0.25) is 0 Å². The van der Waals surface area contributed by atoms with Gasteiger partial charge in [-0.05, 0) is 36.6 Å². The SMILES string of the molecule is CCc1ccc2oc(C(=O)NC[C@H](c3ccc(C)cc3)N3CCOCC3)cc(=O)c2c1. The number of amides is 1. The monoisotopic (exact) mass is 420 g/mol. The van der Waals surface area contributed by atoms with Gasteiger partial charge in [-0.2, -0.15) is 0 Å². The van der Waals surface area contributed by atoms with Crippen molar-refractivity contribution in [2.45, 2.75) is 26.3 Å². The maximum absolute atomic E-state index is 12.8. The molecule has 0 spiro atoms. The summed E-state index contributed by atoms with van der Waals surface area (Å²) in [6.45, 7) is 7.46. The largest absolute Gasteiger partial charge is 0.451 e. The summed E-state index contributed by atoms with van der Waals surface area (Å²) >= 11 is 0. The molecule has 1 saturated heterocycles. The van der Waals surface area contributed by atoms with Crippen LogP contribution in [0.15, 0.2) is 57.7 Å². The number of carbonyl (C=O) groups is 1. The number of hydrogen-bond acceptors (Lipinski definition) is 5. The lowest BCUT2D eigenvalue weighted by molar-refractivity contribution is 0.0161. The zero-order chi connectivity index (χ0) is 21.8. The summed E-state index contributed by atoms with van der Waals surface area (Å²) in [5.41, 5.74) is 3.61. The lowest BCUT2D eigenvalue weighted by Gasteiger charge is -2.35. The molecule has 1 aliphatic heterocycles. The first kappa shape index (κ1) is 21.3. The van der Waals surface area contributed by atoms with Gasteiger partial charge in [0.15, 0.2) is 11.2 Å². The number of ether oxygens (including phenoxy) is 1. The first-order chi connectivity index (χ1) is 15.0. The molecule has 2 aromatic carbocycles. The minimum absolute atomic E-state index is 0.0211. The van der Waals surface area contributed by atoms with Crippen LogP contribution in [0.4, 0.5) is 0 Å². The summed E-state index contributed by atoms with van der Waals surface area (Å²) in [7, 11) is 0. The number of nitrogens with zero attached hydrogens (tertiary/aromatic N) is 1. The van der Waals surface area contributed by atoms with Crippen molar-refractivity contribution in [1.29, 1.82) is 0 Å². The predicted octanol–water partition coefficient (Wildman–Crippen LogP) is 3.47. The first-order valence-corrected chi connectivity index (χ1v) is 10.8. The molecule has 1 N–H and O–H groups in total. The average molecular weight is 421 g/mol. The fourth-order valence-corrected chi connectivity index (χ4v) is 3.95. The highest BCUT2D eigenvalue weighted by molar-refractivity contribution is 5.93. The third-order valence-electron chi connectivity index (χ3n) is 5.83. The van der Waals surface area contributed by atoms with Crippen LogP contribution in [0.1, 0.15) is 40.2 Å².